The molecule has 3 aromatic carbocycles. The number of ketones is 1. The molecule has 4 fully saturated rings. The largest absolute Gasteiger partial charge is 0.508 e. The Labute approximate surface area is 461 Å². The number of methoxy groups -OCH3 is 1. The highest BCUT2D eigenvalue weighted by Crippen LogP contribution is 2.63. The van der Waals surface area contributed by atoms with Crippen LogP contribution in [0.5, 0.6) is 17.2 Å². The van der Waals surface area contributed by atoms with Gasteiger partial charge in [0, 0.05) is 65.7 Å². The zero-order valence-electron chi connectivity index (χ0n) is 45.9. The molecule has 1 heterocycles. The quantitative estimate of drug-likeness (QED) is 0.104. The number of aliphatic imine (C=N–C) groups is 1. The summed E-state index contributed by atoms with van der Waals surface area (Å²) < 4.78 is 13.7. The number of fused-ring (bicyclic) bond motifs is 11. The molecular weight excluding hydrogens is 971 g/mol. The van der Waals surface area contributed by atoms with Gasteiger partial charge in [0.25, 0.3) is 0 Å². The van der Waals surface area contributed by atoms with E-state index in [1.54, 1.807) is 0 Å². The number of hydrogen-bond donors (Lipinski definition) is 6. The third-order valence-corrected chi connectivity index (χ3v) is 21.4. The van der Waals surface area contributed by atoms with Crippen molar-refractivity contribution in [2.75, 3.05) is 20.3 Å². The normalized spacial score (nSPS) is 34.7. The topological polar surface area (TPSA) is 167 Å². The lowest BCUT2D eigenvalue weighted by Crippen LogP contribution is -2.51. The van der Waals surface area contributed by atoms with Crippen LogP contribution < -0.4 is 15.8 Å². The smallest absolute Gasteiger partial charge is 0.189 e. The van der Waals surface area contributed by atoms with E-state index in [0.717, 1.165) is 122 Å². The molecule has 7 N–H and O–H groups in total. The van der Waals surface area contributed by atoms with E-state index < -0.39 is 11.0 Å². The summed E-state index contributed by atoms with van der Waals surface area (Å²) in [5, 5.41) is 51.4. The number of rotatable bonds is 6. The van der Waals surface area contributed by atoms with Crippen molar-refractivity contribution in [1.29, 1.82) is 0 Å². The number of Topliss-reactive ketones (excluding diaryl/α,β-unsaturated/α-hetero) is 1. The molecular formula is C68H81N3O7. The SMILES string of the molecule is CO[C@@H]1C=C[C@H]2[C@H]3C=C4[C@H]5C[C@H](C)C[C@H]4[C@H](c4c(O)c(OC6CCCC6)cc([C@H]6CC[C@H]7C[C@]8(CO)C=CCC[C@@H]8C(CO)=C7C(=O)C6)c4C#CC[C@@H]2N=C(N)NC2(CCCCC2)c2cccc(c2)Cc2cc(O)cc5c2)[C@H]31. The van der Waals surface area contributed by atoms with E-state index in [-0.39, 0.29) is 108 Å². The second-order valence-electron chi connectivity index (χ2n) is 25.9. The number of aromatic hydroxyl groups is 2. The standard InChI is InChI=1S/C68H81N3O7/c1-39-26-50-44-29-41(31-46(74)32-44)28-40-12-10-13-45(30-40)68(24-7-3-8-25-68)71-66(69)70-57-18-11-16-49-51(42-19-20-43-36-67(38-73)23-9-6-17-56(67)55(37-72)61(43)58(75)33-42)35-60(78-47-14-4-5-15-47)65(76)64(49)63-53(27-39)52(50)34-54-48(57)21-22-59(77-2)62(54)63/h9-10,12-13,21-23,29-32,34-35,39,42-43,47-48,50,53-54,56-57,59,62-63,72-74,76H,3-8,14-15,17-20,24-28,33,36-38H2,1-2H3,(H3,69,70,71)/t39-,42-,43-,48-,50-,53+,54+,56+,57-,59+,62+,63-,67-/m0/s1. The molecule has 0 saturated heterocycles. The summed E-state index contributed by atoms with van der Waals surface area (Å²) in [6.07, 6.45) is 27.2. The van der Waals surface area contributed by atoms with Crippen LogP contribution in [0.2, 0.25) is 0 Å². The van der Waals surface area contributed by atoms with Crippen molar-refractivity contribution in [2.45, 2.75) is 170 Å². The van der Waals surface area contributed by atoms with Crippen LogP contribution in [-0.4, -0.2) is 70.7 Å². The number of nitrogens with one attached hydrogen (secondary N) is 1. The number of allylic oxidation sites excluding steroid dienone is 4. The van der Waals surface area contributed by atoms with Gasteiger partial charge in [0.2, 0.25) is 0 Å². The number of ether oxygens (including phenoxy) is 2. The van der Waals surface area contributed by atoms with Crippen LogP contribution in [0.4, 0.5) is 0 Å². The van der Waals surface area contributed by atoms with Crippen molar-refractivity contribution >= 4 is 11.7 Å². The van der Waals surface area contributed by atoms with Crippen molar-refractivity contribution in [3.63, 3.8) is 0 Å². The molecule has 0 aromatic heterocycles. The third-order valence-electron chi connectivity index (χ3n) is 21.4. The fourth-order valence-electron chi connectivity index (χ4n) is 18.0. The van der Waals surface area contributed by atoms with Crippen molar-refractivity contribution in [1.82, 2.24) is 5.32 Å². The minimum atomic E-state index is -0.499. The molecule has 13 rings (SSSR count). The van der Waals surface area contributed by atoms with Crippen LogP contribution in [0.1, 0.15) is 179 Å². The summed E-state index contributed by atoms with van der Waals surface area (Å²) in [5.74, 6) is 8.20. The lowest BCUT2D eigenvalue weighted by Gasteiger charge is -2.53. The molecule has 3 aromatic rings. The molecule has 4 saturated carbocycles. The summed E-state index contributed by atoms with van der Waals surface area (Å²) in [6, 6.07) is 17.0. The molecule has 410 valence electrons. The zero-order chi connectivity index (χ0) is 53.5. The molecule has 10 aliphatic rings. The van der Waals surface area contributed by atoms with Crippen LogP contribution in [0, 0.1) is 58.7 Å². The molecule has 1 aliphatic heterocycles. The Hall–Kier alpha value is -5.60. The molecule has 10 bridgehead atoms. The molecule has 9 aliphatic carbocycles. The summed E-state index contributed by atoms with van der Waals surface area (Å²) in [6.45, 7) is 2.15. The molecule has 10 heteroatoms. The third kappa shape index (κ3) is 8.97. The average molecular weight is 1050 g/mol. The monoisotopic (exact) mass is 1050 g/mol. The predicted octanol–water partition coefficient (Wildman–Crippen LogP) is 11.6. The number of phenolic OH excluding ortho intramolecular Hbond substituents is 2. The minimum absolute atomic E-state index is 0.00334. The average Bonchev–Trinajstić information content (AvgIpc) is 3.88. The van der Waals surface area contributed by atoms with Gasteiger partial charge in [0.1, 0.15) is 5.75 Å². The van der Waals surface area contributed by atoms with Crippen LogP contribution in [0.3, 0.4) is 0 Å². The number of aliphatic hydroxyl groups excluding tert-OH is 2. The Balaban J connectivity index is 1.04. The van der Waals surface area contributed by atoms with Crippen molar-refractivity contribution < 1.29 is 34.7 Å². The van der Waals surface area contributed by atoms with E-state index >= 15 is 4.79 Å². The highest BCUT2D eigenvalue weighted by Gasteiger charge is 2.55. The summed E-state index contributed by atoms with van der Waals surface area (Å²) in [7, 11) is 1.82. The van der Waals surface area contributed by atoms with Gasteiger partial charge in [-0.15, -0.1) is 0 Å². The Morgan fingerprint density at radius 3 is 2.55 bits per heavy atom. The fraction of sp³-hybridized carbons (Fsp3) is 0.559. The molecule has 0 amide bonds. The van der Waals surface area contributed by atoms with Gasteiger partial charge in [0.05, 0.1) is 37.0 Å². The van der Waals surface area contributed by atoms with Crippen LogP contribution in [0.15, 0.2) is 101 Å². The lowest BCUT2D eigenvalue weighted by molar-refractivity contribution is -0.116. The second kappa shape index (κ2) is 20.8. The first-order chi connectivity index (χ1) is 38.0. The van der Waals surface area contributed by atoms with Gasteiger partial charge >= 0.3 is 0 Å². The Morgan fingerprint density at radius 2 is 1.74 bits per heavy atom. The van der Waals surface area contributed by atoms with Crippen LogP contribution in [-0.2, 0) is 21.5 Å². The van der Waals surface area contributed by atoms with Crippen molar-refractivity contribution in [2.24, 2.45) is 57.6 Å². The maximum Gasteiger partial charge on any atom is 0.189 e. The maximum absolute atomic E-state index is 15.3. The minimum Gasteiger partial charge on any atom is -0.508 e. The van der Waals surface area contributed by atoms with Crippen molar-refractivity contribution in [3.8, 4) is 29.1 Å². The van der Waals surface area contributed by atoms with Gasteiger partial charge in [-0.3, -0.25) is 4.79 Å². The number of carbonyl (C=O) groups excluding carboxylic acids is 1. The van der Waals surface area contributed by atoms with Gasteiger partial charge in [-0.2, -0.15) is 0 Å². The van der Waals surface area contributed by atoms with Crippen molar-refractivity contribution in [3.05, 3.63) is 135 Å². The Bertz CT molecular complexity index is 3070. The van der Waals surface area contributed by atoms with Crippen LogP contribution >= 0.6 is 0 Å². The Kier molecular flexibility index (Phi) is 13.8. The fourth-order valence-corrected chi connectivity index (χ4v) is 18.0. The van der Waals surface area contributed by atoms with Gasteiger partial charge in [0.15, 0.2) is 23.2 Å². The van der Waals surface area contributed by atoms with E-state index in [1.807, 2.05) is 19.2 Å². The first-order valence-electron chi connectivity index (χ1n) is 30.1. The van der Waals surface area contributed by atoms with Gasteiger partial charge in [-0.05, 0) is 177 Å². The number of phenols is 2. The summed E-state index contributed by atoms with van der Waals surface area (Å²) in [5.41, 5.74) is 16.5. The maximum atomic E-state index is 15.3. The van der Waals surface area contributed by atoms with E-state index in [2.05, 4.69) is 90.9 Å². The number of benzene rings is 3. The molecule has 0 unspecified atom stereocenters. The first kappa shape index (κ1) is 51.8. The summed E-state index contributed by atoms with van der Waals surface area (Å²) in [4.78, 5) is 20.9. The zero-order valence-corrected chi connectivity index (χ0v) is 45.9. The number of hydrogen-bond acceptors (Lipinski definition) is 10. The lowest BCUT2D eigenvalue weighted by atomic mass is 9.51. The van der Waals surface area contributed by atoms with Gasteiger partial charge < -0.3 is 41.0 Å². The summed E-state index contributed by atoms with van der Waals surface area (Å²) >= 11 is 0. The van der Waals surface area contributed by atoms with Gasteiger partial charge in [-0.1, -0.05) is 104 Å². The van der Waals surface area contributed by atoms with E-state index in [9.17, 15) is 20.4 Å². The van der Waals surface area contributed by atoms with E-state index in [4.69, 9.17) is 20.2 Å². The second-order valence-corrected chi connectivity index (χ2v) is 25.9. The van der Waals surface area contributed by atoms with Gasteiger partial charge in [-0.25, -0.2) is 4.99 Å². The van der Waals surface area contributed by atoms with E-state index in [1.165, 1.54) is 23.1 Å². The molecule has 0 radical (unpaired) electrons. The first-order valence-corrected chi connectivity index (χ1v) is 30.1. The number of aliphatic hydroxyl groups is 2. The molecule has 10 nitrogen and oxygen atoms in total. The highest BCUT2D eigenvalue weighted by molar-refractivity contribution is 5.98. The predicted molar refractivity (Wildman–Crippen MR) is 304 cm³/mol. The van der Waals surface area contributed by atoms with Crippen LogP contribution in [0.25, 0.3) is 0 Å². The van der Waals surface area contributed by atoms with E-state index in [0.29, 0.717) is 43.3 Å². The number of carbonyl (C=O) groups is 1. The molecule has 1 spiro atoms. The molecule has 78 heavy (non-hydrogen) atoms. The number of guanidine groups is 1. The Morgan fingerprint density at radius 1 is 0.910 bits per heavy atom. The number of nitrogens with zero attached hydrogens (tertiary/aromatic N) is 1. The molecule has 13 atom stereocenters. The number of nitrogens with two attached hydrogens (primary N) is 1. The highest BCUT2D eigenvalue weighted by atomic mass is 16.5.